The Kier molecular flexibility index (Phi) is 5.61. The minimum atomic E-state index is -3.59. The lowest BCUT2D eigenvalue weighted by Gasteiger charge is -2.31. The van der Waals surface area contributed by atoms with Crippen LogP contribution in [0.2, 0.25) is 0 Å². The first-order valence-electron chi connectivity index (χ1n) is 7.53. The molecule has 2 rings (SSSR count). The maximum Gasteiger partial charge on any atom is 0.304 e. The molecule has 1 aromatic rings. The van der Waals surface area contributed by atoms with Crippen molar-refractivity contribution >= 4 is 15.9 Å². The molecule has 1 aliphatic rings. The molecule has 1 N–H and O–H groups in total. The zero-order valence-electron chi connectivity index (χ0n) is 12.5. The van der Waals surface area contributed by atoms with Crippen molar-refractivity contribution in [3.63, 3.8) is 0 Å². The van der Waals surface area contributed by atoms with Crippen LogP contribution in [0.3, 0.4) is 0 Å². The van der Waals surface area contributed by atoms with Crippen LogP contribution in [-0.4, -0.2) is 43.6 Å². The predicted octanol–water partition coefficient (Wildman–Crippen LogP) is 1.99. The predicted molar refractivity (Wildman–Crippen MR) is 84.4 cm³/mol. The summed E-state index contributed by atoms with van der Waals surface area (Å²) in [7, 11) is -3.59. The molecule has 0 unspecified atom stereocenters. The molecule has 1 aromatic carbocycles. The van der Waals surface area contributed by atoms with Crippen molar-refractivity contribution in [1.82, 2.24) is 4.31 Å². The summed E-state index contributed by atoms with van der Waals surface area (Å²) < 4.78 is 28.7. The number of hydrogen-bond donors (Lipinski definition) is 1. The summed E-state index contributed by atoms with van der Waals surface area (Å²) in [5.74, 6) is 0. The SMILES string of the molecule is C[C@@H](O)CN(c1ccccc1)S(=O)(=O)N1CCCCCC1. The van der Waals surface area contributed by atoms with E-state index in [9.17, 15) is 13.5 Å². The lowest BCUT2D eigenvalue weighted by molar-refractivity contribution is 0.203. The molecule has 0 amide bonds. The zero-order valence-corrected chi connectivity index (χ0v) is 13.3. The van der Waals surface area contributed by atoms with Gasteiger partial charge in [0, 0.05) is 13.1 Å². The first kappa shape index (κ1) is 16.3. The van der Waals surface area contributed by atoms with Crippen LogP contribution >= 0.6 is 0 Å². The van der Waals surface area contributed by atoms with Crippen LogP contribution in [0.1, 0.15) is 32.6 Å². The molecule has 1 atom stereocenters. The van der Waals surface area contributed by atoms with E-state index in [2.05, 4.69) is 0 Å². The summed E-state index contributed by atoms with van der Waals surface area (Å²) in [6, 6.07) is 8.99. The average molecular weight is 312 g/mol. The summed E-state index contributed by atoms with van der Waals surface area (Å²) in [6.45, 7) is 2.80. The highest BCUT2D eigenvalue weighted by Gasteiger charge is 2.30. The number of aliphatic hydroxyl groups excluding tert-OH is 1. The molecule has 0 radical (unpaired) electrons. The number of hydrogen-bond acceptors (Lipinski definition) is 3. The fourth-order valence-electron chi connectivity index (χ4n) is 2.58. The molecule has 1 fully saturated rings. The molecule has 0 bridgehead atoms. The summed E-state index contributed by atoms with van der Waals surface area (Å²) in [5.41, 5.74) is 0.600. The molecule has 118 valence electrons. The molecule has 21 heavy (non-hydrogen) atoms. The van der Waals surface area contributed by atoms with Gasteiger partial charge in [0.1, 0.15) is 0 Å². The molecule has 0 spiro atoms. The average Bonchev–Trinajstić information content (AvgIpc) is 2.75. The highest BCUT2D eigenvalue weighted by atomic mass is 32.2. The van der Waals surface area contributed by atoms with Crippen LogP contribution in [0.15, 0.2) is 30.3 Å². The van der Waals surface area contributed by atoms with Crippen molar-refractivity contribution in [3.05, 3.63) is 30.3 Å². The Hall–Kier alpha value is -1.11. The maximum absolute atomic E-state index is 12.9. The molecule has 1 saturated heterocycles. The topological polar surface area (TPSA) is 60.9 Å². The highest BCUT2D eigenvalue weighted by Crippen LogP contribution is 2.23. The largest absolute Gasteiger partial charge is 0.392 e. The second kappa shape index (κ2) is 7.24. The van der Waals surface area contributed by atoms with Gasteiger partial charge in [0.15, 0.2) is 0 Å². The number of para-hydroxylation sites is 1. The first-order chi connectivity index (χ1) is 10.0. The third kappa shape index (κ3) is 4.18. The third-order valence-corrected chi connectivity index (χ3v) is 5.58. The van der Waals surface area contributed by atoms with Crippen molar-refractivity contribution in [3.8, 4) is 0 Å². The molecule has 1 aliphatic heterocycles. The zero-order chi connectivity index (χ0) is 15.3. The summed E-state index contributed by atoms with van der Waals surface area (Å²) in [5, 5.41) is 9.68. The Morgan fingerprint density at radius 2 is 1.71 bits per heavy atom. The second-order valence-corrected chi connectivity index (χ2v) is 7.39. The van der Waals surface area contributed by atoms with Gasteiger partial charge >= 0.3 is 10.2 Å². The number of anilines is 1. The van der Waals surface area contributed by atoms with Gasteiger partial charge in [-0.2, -0.15) is 12.7 Å². The van der Waals surface area contributed by atoms with Crippen molar-refractivity contribution in [2.45, 2.75) is 38.7 Å². The molecule has 6 heteroatoms. The Labute approximate surface area is 127 Å². The van der Waals surface area contributed by atoms with Gasteiger partial charge in [0.05, 0.1) is 18.3 Å². The molecule has 0 aromatic heterocycles. The fourth-order valence-corrected chi connectivity index (χ4v) is 4.37. The minimum absolute atomic E-state index is 0.0723. The van der Waals surface area contributed by atoms with Crippen LogP contribution in [0.5, 0.6) is 0 Å². The normalized spacial score (nSPS) is 19.0. The Balaban J connectivity index is 2.30. The van der Waals surface area contributed by atoms with E-state index < -0.39 is 16.3 Å². The molecular formula is C15H24N2O3S. The van der Waals surface area contributed by atoms with Crippen LogP contribution in [0.4, 0.5) is 5.69 Å². The van der Waals surface area contributed by atoms with Gasteiger partial charge in [-0.1, -0.05) is 31.0 Å². The Morgan fingerprint density at radius 3 is 2.24 bits per heavy atom. The quantitative estimate of drug-likeness (QED) is 0.904. The van der Waals surface area contributed by atoms with Gasteiger partial charge in [0.2, 0.25) is 0 Å². The highest BCUT2D eigenvalue weighted by molar-refractivity contribution is 7.90. The summed E-state index contributed by atoms with van der Waals surface area (Å²) in [4.78, 5) is 0. The summed E-state index contributed by atoms with van der Waals surface area (Å²) in [6.07, 6.45) is 3.24. The Bertz CT molecular complexity index is 523. The van der Waals surface area contributed by atoms with E-state index in [1.54, 1.807) is 23.4 Å². The van der Waals surface area contributed by atoms with E-state index in [0.717, 1.165) is 25.7 Å². The minimum Gasteiger partial charge on any atom is -0.392 e. The maximum atomic E-state index is 12.9. The monoisotopic (exact) mass is 312 g/mol. The number of nitrogens with zero attached hydrogens (tertiary/aromatic N) is 2. The van der Waals surface area contributed by atoms with Crippen LogP contribution in [0, 0.1) is 0 Å². The number of benzene rings is 1. The number of rotatable bonds is 5. The fraction of sp³-hybridized carbons (Fsp3) is 0.600. The van der Waals surface area contributed by atoms with Crippen molar-refractivity contribution < 1.29 is 13.5 Å². The molecule has 0 saturated carbocycles. The first-order valence-corrected chi connectivity index (χ1v) is 8.92. The van der Waals surface area contributed by atoms with E-state index in [4.69, 9.17) is 0 Å². The van der Waals surface area contributed by atoms with Gasteiger partial charge in [-0.3, -0.25) is 4.31 Å². The van der Waals surface area contributed by atoms with E-state index >= 15 is 0 Å². The van der Waals surface area contributed by atoms with Crippen molar-refractivity contribution in [2.24, 2.45) is 0 Å². The van der Waals surface area contributed by atoms with Gasteiger partial charge in [-0.15, -0.1) is 0 Å². The molecule has 5 nitrogen and oxygen atoms in total. The van der Waals surface area contributed by atoms with Crippen LogP contribution < -0.4 is 4.31 Å². The lowest BCUT2D eigenvalue weighted by atomic mass is 10.2. The molecule has 0 aliphatic carbocycles. The number of aliphatic hydroxyl groups is 1. The van der Waals surface area contributed by atoms with Crippen molar-refractivity contribution in [2.75, 3.05) is 23.9 Å². The lowest BCUT2D eigenvalue weighted by Crippen LogP contribution is -2.46. The smallest absolute Gasteiger partial charge is 0.304 e. The van der Waals surface area contributed by atoms with E-state index in [0.29, 0.717) is 18.8 Å². The van der Waals surface area contributed by atoms with E-state index in [-0.39, 0.29) is 6.54 Å². The second-order valence-electron chi connectivity index (χ2n) is 5.54. The molecular weight excluding hydrogens is 288 g/mol. The van der Waals surface area contributed by atoms with Crippen molar-refractivity contribution in [1.29, 1.82) is 0 Å². The summed E-state index contributed by atoms with van der Waals surface area (Å²) >= 11 is 0. The van der Waals surface area contributed by atoms with Crippen LogP contribution in [0.25, 0.3) is 0 Å². The third-order valence-electron chi connectivity index (χ3n) is 3.64. The standard InChI is InChI=1S/C15H24N2O3S/c1-14(18)13-17(15-9-5-4-6-10-15)21(19,20)16-11-7-2-3-8-12-16/h4-6,9-10,14,18H,2-3,7-8,11-13H2,1H3/t14-/m1/s1. The Morgan fingerprint density at radius 1 is 1.14 bits per heavy atom. The van der Waals surface area contributed by atoms with Gasteiger partial charge in [-0.05, 0) is 31.9 Å². The van der Waals surface area contributed by atoms with Gasteiger partial charge in [-0.25, -0.2) is 0 Å². The molecule has 1 heterocycles. The van der Waals surface area contributed by atoms with E-state index in [1.165, 1.54) is 4.31 Å². The van der Waals surface area contributed by atoms with Gasteiger partial charge < -0.3 is 5.11 Å². The van der Waals surface area contributed by atoms with Crippen LogP contribution in [-0.2, 0) is 10.2 Å². The van der Waals surface area contributed by atoms with E-state index in [1.807, 2.05) is 18.2 Å². The van der Waals surface area contributed by atoms with Gasteiger partial charge in [0.25, 0.3) is 0 Å².